The first kappa shape index (κ1) is 22.5. The summed E-state index contributed by atoms with van der Waals surface area (Å²) in [5.41, 5.74) is 14.2. The maximum atomic E-state index is 13.6. The molecule has 3 heterocycles. The molecule has 0 spiro atoms. The molecule has 1 fully saturated rings. The van der Waals surface area contributed by atoms with Crippen molar-refractivity contribution < 1.29 is 9.13 Å². The highest BCUT2D eigenvalue weighted by molar-refractivity contribution is 8.04. The second-order valence-corrected chi connectivity index (χ2v) is 9.72. The van der Waals surface area contributed by atoms with Gasteiger partial charge in [0.15, 0.2) is 0 Å². The fourth-order valence-corrected chi connectivity index (χ4v) is 5.53. The molecule has 0 radical (unpaired) electrons. The van der Waals surface area contributed by atoms with Crippen molar-refractivity contribution in [2.75, 3.05) is 36.0 Å². The van der Waals surface area contributed by atoms with Crippen molar-refractivity contribution in [2.45, 2.75) is 24.5 Å². The number of anilines is 2. The number of rotatable bonds is 6. The summed E-state index contributed by atoms with van der Waals surface area (Å²) in [4.78, 5) is 11.6. The first-order valence-corrected chi connectivity index (χ1v) is 12.2. The predicted molar refractivity (Wildman–Crippen MR) is 133 cm³/mol. The van der Waals surface area contributed by atoms with Gasteiger partial charge in [0, 0.05) is 17.9 Å². The molecule has 0 aromatic heterocycles. The average molecular weight is 489 g/mol. The van der Waals surface area contributed by atoms with Crippen LogP contribution in [0.1, 0.15) is 12.8 Å². The smallest absolute Gasteiger partial charge is 0.150 e. The van der Waals surface area contributed by atoms with Gasteiger partial charge >= 0.3 is 0 Å². The van der Waals surface area contributed by atoms with Crippen molar-refractivity contribution in [3.8, 4) is 5.75 Å². The summed E-state index contributed by atoms with van der Waals surface area (Å²) in [5.74, 6) is 1.07. The van der Waals surface area contributed by atoms with Gasteiger partial charge in [-0.15, -0.1) is 0 Å². The topological polar surface area (TPSA) is 83.4 Å². The van der Waals surface area contributed by atoms with Gasteiger partial charge in [-0.05, 0) is 68.4 Å². The normalized spacial score (nSPS) is 22.9. The first-order chi connectivity index (χ1) is 16.0. The number of aliphatic imine (C=N–C) groups is 1. The first-order valence-electron chi connectivity index (χ1n) is 11.0. The van der Waals surface area contributed by atoms with E-state index in [-0.39, 0.29) is 10.5 Å². The molecule has 2 unspecified atom stereocenters. The fraction of sp³-hybridized carbons (Fsp3) is 0.348. The quantitative estimate of drug-likeness (QED) is 0.640. The zero-order valence-electron chi connectivity index (χ0n) is 18.0. The van der Waals surface area contributed by atoms with Crippen molar-refractivity contribution in [1.29, 1.82) is 0 Å². The molecule has 2 atom stereocenters. The number of hydrogen-bond acceptors (Lipinski definition) is 8. The Bertz CT molecular complexity index is 1080. The number of nitrogens with zero attached hydrogens (tertiary/aromatic N) is 4. The second kappa shape index (κ2) is 9.52. The van der Waals surface area contributed by atoms with E-state index in [0.29, 0.717) is 18.1 Å². The number of benzene rings is 2. The number of hydrogen-bond donors (Lipinski definition) is 2. The Kier molecular flexibility index (Phi) is 6.49. The SMILES string of the molecule is NC1C2=C(N=CN1c1ccc(F)c(Cl)c1)N(c1ccc(OCCN3CCCC3)cc1)C(N)S2. The zero-order chi connectivity index (χ0) is 22.9. The highest BCUT2D eigenvalue weighted by atomic mass is 35.5. The third kappa shape index (κ3) is 4.56. The van der Waals surface area contributed by atoms with Crippen LogP contribution in [-0.4, -0.2) is 49.1 Å². The van der Waals surface area contributed by atoms with E-state index in [4.69, 9.17) is 27.8 Å². The predicted octanol–water partition coefficient (Wildman–Crippen LogP) is 3.75. The summed E-state index contributed by atoms with van der Waals surface area (Å²) in [6, 6.07) is 12.3. The molecule has 174 valence electrons. The summed E-state index contributed by atoms with van der Waals surface area (Å²) in [6.45, 7) is 3.96. The number of thioether (sulfide) groups is 1. The van der Waals surface area contributed by atoms with E-state index < -0.39 is 12.0 Å². The van der Waals surface area contributed by atoms with Crippen LogP contribution in [-0.2, 0) is 0 Å². The van der Waals surface area contributed by atoms with Gasteiger partial charge in [-0.2, -0.15) is 0 Å². The molecule has 1 saturated heterocycles. The summed E-state index contributed by atoms with van der Waals surface area (Å²) < 4.78 is 19.5. The third-order valence-corrected chi connectivity index (χ3v) is 7.43. The molecular weight excluding hydrogens is 463 g/mol. The number of nitrogens with two attached hydrogens (primary N) is 2. The molecule has 3 aliphatic rings. The Labute approximate surface area is 201 Å². The monoisotopic (exact) mass is 488 g/mol. The van der Waals surface area contributed by atoms with Crippen LogP contribution in [0.5, 0.6) is 5.75 Å². The van der Waals surface area contributed by atoms with E-state index in [9.17, 15) is 4.39 Å². The van der Waals surface area contributed by atoms with Crippen molar-refractivity contribution in [3.05, 3.63) is 64.0 Å². The van der Waals surface area contributed by atoms with Crippen LogP contribution in [0.25, 0.3) is 0 Å². The zero-order valence-corrected chi connectivity index (χ0v) is 19.6. The van der Waals surface area contributed by atoms with E-state index in [2.05, 4.69) is 9.89 Å². The maximum Gasteiger partial charge on any atom is 0.150 e. The van der Waals surface area contributed by atoms with Crippen LogP contribution in [0.2, 0.25) is 5.02 Å². The Morgan fingerprint density at radius 1 is 1.09 bits per heavy atom. The molecule has 2 aromatic carbocycles. The minimum Gasteiger partial charge on any atom is -0.492 e. The van der Waals surface area contributed by atoms with Gasteiger partial charge in [0.25, 0.3) is 0 Å². The fourth-order valence-electron chi connectivity index (χ4n) is 4.26. The Balaban J connectivity index is 1.28. The van der Waals surface area contributed by atoms with E-state index in [1.54, 1.807) is 17.3 Å². The lowest BCUT2D eigenvalue weighted by Gasteiger charge is -2.31. The van der Waals surface area contributed by atoms with Crippen molar-refractivity contribution in [3.63, 3.8) is 0 Å². The summed E-state index contributed by atoms with van der Waals surface area (Å²) >= 11 is 7.41. The van der Waals surface area contributed by atoms with Gasteiger partial charge in [-0.25, -0.2) is 9.38 Å². The van der Waals surface area contributed by atoms with Crippen molar-refractivity contribution >= 4 is 41.1 Å². The molecule has 2 aromatic rings. The maximum absolute atomic E-state index is 13.6. The molecule has 4 N–H and O–H groups in total. The molecule has 0 amide bonds. The van der Waals surface area contributed by atoms with E-state index in [0.717, 1.165) is 22.9 Å². The lowest BCUT2D eigenvalue weighted by atomic mass is 10.2. The molecule has 0 aliphatic carbocycles. The Morgan fingerprint density at radius 2 is 1.82 bits per heavy atom. The van der Waals surface area contributed by atoms with Crippen LogP contribution in [0, 0.1) is 5.82 Å². The highest BCUT2D eigenvalue weighted by Gasteiger charge is 2.38. The number of likely N-dealkylation sites (tertiary alicyclic amines) is 1. The Morgan fingerprint density at radius 3 is 2.55 bits per heavy atom. The molecule has 10 heteroatoms. The third-order valence-electron chi connectivity index (χ3n) is 6.01. The average Bonchev–Trinajstić information content (AvgIpc) is 3.44. The van der Waals surface area contributed by atoms with Crippen LogP contribution in [0.3, 0.4) is 0 Å². The van der Waals surface area contributed by atoms with Gasteiger partial charge in [-0.1, -0.05) is 23.4 Å². The minimum absolute atomic E-state index is 0.0352. The Hall–Kier alpha value is -2.30. The summed E-state index contributed by atoms with van der Waals surface area (Å²) in [7, 11) is 0. The van der Waals surface area contributed by atoms with Crippen molar-refractivity contribution in [2.24, 2.45) is 16.5 Å². The molecule has 0 saturated carbocycles. The standard InChI is InChI=1S/C23H26ClFN6OS/c24-18-13-16(5-8-19(18)25)30-14-28-22-20(21(30)26)33-23(27)31(22)15-3-6-17(7-4-15)32-12-11-29-9-1-2-10-29/h3-8,13-14,21,23H,1-2,9-12,26-27H2. The van der Waals surface area contributed by atoms with Gasteiger partial charge in [-0.3, -0.25) is 9.80 Å². The van der Waals surface area contributed by atoms with E-state index in [1.165, 1.54) is 49.8 Å². The molecule has 0 bridgehead atoms. The van der Waals surface area contributed by atoms with Crippen LogP contribution >= 0.6 is 23.4 Å². The van der Waals surface area contributed by atoms with Crippen LogP contribution in [0.4, 0.5) is 15.8 Å². The lowest BCUT2D eigenvalue weighted by molar-refractivity contribution is 0.238. The summed E-state index contributed by atoms with van der Waals surface area (Å²) in [6.07, 6.45) is 3.69. The highest BCUT2D eigenvalue weighted by Crippen LogP contribution is 2.43. The van der Waals surface area contributed by atoms with Crippen LogP contribution < -0.4 is 26.0 Å². The molecule has 3 aliphatic heterocycles. The van der Waals surface area contributed by atoms with E-state index >= 15 is 0 Å². The summed E-state index contributed by atoms with van der Waals surface area (Å²) in [5, 5.41) is 0.0352. The molecule has 7 nitrogen and oxygen atoms in total. The second-order valence-electron chi connectivity index (χ2n) is 8.15. The van der Waals surface area contributed by atoms with E-state index in [1.807, 2.05) is 29.2 Å². The molecular formula is C23H26ClFN6OS. The number of ether oxygens (including phenoxy) is 1. The van der Waals surface area contributed by atoms with Crippen LogP contribution in [0.15, 0.2) is 58.2 Å². The lowest BCUT2D eigenvalue weighted by Crippen LogP contribution is -2.44. The van der Waals surface area contributed by atoms with Crippen molar-refractivity contribution in [1.82, 2.24) is 4.90 Å². The molecule has 33 heavy (non-hydrogen) atoms. The van der Waals surface area contributed by atoms with Gasteiger partial charge in [0.1, 0.15) is 35.7 Å². The number of halogens is 2. The van der Waals surface area contributed by atoms with Gasteiger partial charge < -0.3 is 21.1 Å². The molecule has 5 rings (SSSR count). The largest absolute Gasteiger partial charge is 0.492 e. The van der Waals surface area contributed by atoms with Gasteiger partial charge in [0.05, 0.1) is 16.3 Å². The minimum atomic E-state index is -0.506. The van der Waals surface area contributed by atoms with Gasteiger partial charge in [0.2, 0.25) is 0 Å².